The summed E-state index contributed by atoms with van der Waals surface area (Å²) in [5.41, 5.74) is 7.62. The second kappa shape index (κ2) is 7.06. The van der Waals surface area contributed by atoms with E-state index in [2.05, 4.69) is 36.2 Å². The molecule has 2 rings (SSSR count). The van der Waals surface area contributed by atoms with Crippen LogP contribution in [0.2, 0.25) is 0 Å². The van der Waals surface area contributed by atoms with Crippen molar-refractivity contribution in [2.45, 2.75) is 26.9 Å². The van der Waals surface area contributed by atoms with Crippen LogP contribution < -0.4 is 11.2 Å². The third-order valence-corrected chi connectivity index (χ3v) is 3.33. The predicted molar refractivity (Wildman–Crippen MR) is 92.5 cm³/mol. The number of aromatic nitrogens is 2. The summed E-state index contributed by atoms with van der Waals surface area (Å²) in [7, 11) is 1.81. The fourth-order valence-corrected chi connectivity index (χ4v) is 2.51. The Labute approximate surface area is 149 Å². The van der Waals surface area contributed by atoms with Gasteiger partial charge in [0.25, 0.3) is 0 Å². The average Bonchev–Trinajstić information content (AvgIpc) is 2.43. The number of alkyl halides is 3. The summed E-state index contributed by atoms with van der Waals surface area (Å²) < 4.78 is 52.2. The third kappa shape index (κ3) is 5.29. The van der Waals surface area contributed by atoms with Crippen LogP contribution in [0.25, 0.3) is 11.3 Å². The topological polar surface area (TPSA) is 67.1 Å². The summed E-state index contributed by atoms with van der Waals surface area (Å²) >= 11 is 0. The summed E-state index contributed by atoms with van der Waals surface area (Å²) in [4.78, 5) is 7.95. The standard InChI is InChI=1S/C17H21F4N5/c1-16(2,3)9-26(4)25-14-8-13(23-15(22)24-14)11-6-5-10(7-12(11)18)17(19,20)21/h5-8H,9H2,1-4H3,(H3,22,23,24,25). The van der Waals surface area contributed by atoms with E-state index in [1.54, 1.807) is 5.01 Å². The Balaban J connectivity index is 2.32. The Morgan fingerprint density at radius 1 is 1.12 bits per heavy atom. The van der Waals surface area contributed by atoms with Gasteiger partial charge in [-0.25, -0.2) is 14.4 Å². The van der Waals surface area contributed by atoms with Crippen LogP contribution in [0.5, 0.6) is 0 Å². The van der Waals surface area contributed by atoms with Crippen molar-refractivity contribution in [1.29, 1.82) is 0 Å². The number of hydrogen-bond donors (Lipinski definition) is 2. The van der Waals surface area contributed by atoms with Gasteiger partial charge in [0, 0.05) is 25.2 Å². The van der Waals surface area contributed by atoms with E-state index in [1.165, 1.54) is 6.07 Å². The molecule has 1 aromatic heterocycles. The van der Waals surface area contributed by atoms with Gasteiger partial charge in [-0.05, 0) is 23.6 Å². The number of nitrogens with one attached hydrogen (secondary N) is 1. The lowest BCUT2D eigenvalue weighted by atomic mass is 9.97. The van der Waals surface area contributed by atoms with Crippen LogP contribution in [-0.2, 0) is 6.18 Å². The number of rotatable bonds is 4. The van der Waals surface area contributed by atoms with Gasteiger partial charge in [0.05, 0.1) is 11.3 Å². The van der Waals surface area contributed by atoms with Gasteiger partial charge in [-0.3, -0.25) is 0 Å². The Hall–Kier alpha value is -2.42. The van der Waals surface area contributed by atoms with Gasteiger partial charge < -0.3 is 11.2 Å². The third-order valence-electron chi connectivity index (χ3n) is 3.33. The van der Waals surface area contributed by atoms with Gasteiger partial charge in [-0.2, -0.15) is 18.2 Å². The summed E-state index contributed by atoms with van der Waals surface area (Å²) in [6.07, 6.45) is -4.62. The van der Waals surface area contributed by atoms with Crippen molar-refractivity contribution in [3.05, 3.63) is 35.6 Å². The maximum absolute atomic E-state index is 14.2. The zero-order chi connectivity index (χ0) is 19.7. The number of hydrazine groups is 1. The lowest BCUT2D eigenvalue weighted by Crippen LogP contribution is -2.34. The van der Waals surface area contributed by atoms with Crippen molar-refractivity contribution < 1.29 is 17.6 Å². The molecule has 0 amide bonds. The minimum absolute atomic E-state index is 0.0166. The number of nitrogens with zero attached hydrogens (tertiary/aromatic N) is 3. The molecule has 5 nitrogen and oxygen atoms in total. The molecule has 142 valence electrons. The molecule has 9 heteroatoms. The SMILES string of the molecule is CN(CC(C)(C)C)Nc1cc(-c2ccc(C(F)(F)F)cc2F)nc(N)n1. The summed E-state index contributed by atoms with van der Waals surface area (Å²) in [6.45, 7) is 6.86. The van der Waals surface area contributed by atoms with Crippen molar-refractivity contribution >= 4 is 11.8 Å². The largest absolute Gasteiger partial charge is 0.416 e. The molecular formula is C17H21F4N5. The molecule has 0 bridgehead atoms. The first-order valence-electron chi connectivity index (χ1n) is 7.85. The molecule has 0 unspecified atom stereocenters. The van der Waals surface area contributed by atoms with E-state index in [1.807, 2.05) is 7.05 Å². The van der Waals surface area contributed by atoms with Crippen LogP contribution in [0, 0.1) is 11.2 Å². The van der Waals surface area contributed by atoms with Crippen molar-refractivity contribution in [1.82, 2.24) is 15.0 Å². The monoisotopic (exact) mass is 371 g/mol. The fraction of sp³-hybridized carbons (Fsp3) is 0.412. The number of nitrogen functional groups attached to an aromatic ring is 1. The Morgan fingerprint density at radius 2 is 1.77 bits per heavy atom. The minimum atomic E-state index is -4.62. The number of halogens is 4. The van der Waals surface area contributed by atoms with Crippen molar-refractivity contribution in [2.75, 3.05) is 24.8 Å². The van der Waals surface area contributed by atoms with E-state index in [-0.39, 0.29) is 22.6 Å². The van der Waals surface area contributed by atoms with Gasteiger partial charge in [0.15, 0.2) is 0 Å². The van der Waals surface area contributed by atoms with E-state index in [0.717, 1.165) is 12.1 Å². The minimum Gasteiger partial charge on any atom is -0.368 e. The fourth-order valence-electron chi connectivity index (χ4n) is 2.51. The Morgan fingerprint density at radius 3 is 2.31 bits per heavy atom. The number of anilines is 2. The molecule has 3 N–H and O–H groups in total. The first kappa shape index (κ1) is 19.9. The Bertz CT molecular complexity index is 784. The molecule has 0 fully saturated rings. The molecule has 2 aromatic rings. The molecule has 0 aliphatic carbocycles. The average molecular weight is 371 g/mol. The number of benzene rings is 1. The summed E-state index contributed by atoms with van der Waals surface area (Å²) in [5, 5.41) is 1.79. The smallest absolute Gasteiger partial charge is 0.368 e. The van der Waals surface area contributed by atoms with Crippen molar-refractivity contribution in [3.63, 3.8) is 0 Å². The molecule has 0 aliphatic rings. The molecule has 1 heterocycles. The lowest BCUT2D eigenvalue weighted by molar-refractivity contribution is -0.137. The lowest BCUT2D eigenvalue weighted by Gasteiger charge is -2.27. The number of hydrogen-bond acceptors (Lipinski definition) is 5. The highest BCUT2D eigenvalue weighted by Crippen LogP contribution is 2.32. The first-order valence-corrected chi connectivity index (χ1v) is 7.85. The molecular weight excluding hydrogens is 350 g/mol. The summed E-state index contributed by atoms with van der Waals surface area (Å²) in [5.74, 6) is -0.834. The molecule has 1 aromatic carbocycles. The van der Waals surface area contributed by atoms with Crippen LogP contribution in [0.4, 0.5) is 29.3 Å². The van der Waals surface area contributed by atoms with E-state index in [0.29, 0.717) is 18.4 Å². The molecule has 0 aliphatic heterocycles. The highest BCUT2D eigenvalue weighted by molar-refractivity contribution is 5.65. The second-order valence-electron chi connectivity index (χ2n) is 7.22. The molecule has 0 atom stereocenters. The van der Waals surface area contributed by atoms with Gasteiger partial charge in [0.2, 0.25) is 5.95 Å². The van der Waals surface area contributed by atoms with Crippen LogP contribution in [0.1, 0.15) is 26.3 Å². The van der Waals surface area contributed by atoms with Crippen molar-refractivity contribution in [2.24, 2.45) is 5.41 Å². The first-order chi connectivity index (χ1) is 11.8. The molecule has 26 heavy (non-hydrogen) atoms. The molecule has 0 radical (unpaired) electrons. The van der Waals surface area contributed by atoms with Crippen LogP contribution in [0.3, 0.4) is 0 Å². The normalized spacial score (nSPS) is 12.5. The van der Waals surface area contributed by atoms with Gasteiger partial charge >= 0.3 is 6.18 Å². The highest BCUT2D eigenvalue weighted by atomic mass is 19.4. The van der Waals surface area contributed by atoms with E-state index in [9.17, 15) is 17.6 Å². The predicted octanol–water partition coefficient (Wildman–Crippen LogP) is 4.19. The Kier molecular flexibility index (Phi) is 5.41. The van der Waals surface area contributed by atoms with E-state index >= 15 is 0 Å². The van der Waals surface area contributed by atoms with Crippen molar-refractivity contribution in [3.8, 4) is 11.3 Å². The summed E-state index contributed by atoms with van der Waals surface area (Å²) in [6, 6.07) is 3.70. The maximum Gasteiger partial charge on any atom is 0.416 e. The molecule has 0 saturated carbocycles. The van der Waals surface area contributed by atoms with Crippen LogP contribution in [0.15, 0.2) is 24.3 Å². The van der Waals surface area contributed by atoms with E-state index < -0.39 is 17.6 Å². The highest BCUT2D eigenvalue weighted by Gasteiger charge is 2.31. The number of nitrogens with two attached hydrogens (primary N) is 1. The molecule has 0 saturated heterocycles. The zero-order valence-electron chi connectivity index (χ0n) is 14.9. The van der Waals surface area contributed by atoms with Gasteiger partial charge in [-0.15, -0.1) is 0 Å². The maximum atomic E-state index is 14.2. The molecule has 0 spiro atoms. The van der Waals surface area contributed by atoms with E-state index in [4.69, 9.17) is 5.73 Å². The van der Waals surface area contributed by atoms with Crippen LogP contribution in [-0.4, -0.2) is 28.6 Å². The van der Waals surface area contributed by atoms with Gasteiger partial charge in [0.1, 0.15) is 11.6 Å². The van der Waals surface area contributed by atoms with Gasteiger partial charge in [-0.1, -0.05) is 20.8 Å². The zero-order valence-corrected chi connectivity index (χ0v) is 14.9. The second-order valence-corrected chi connectivity index (χ2v) is 7.22. The van der Waals surface area contributed by atoms with Crippen LogP contribution >= 0.6 is 0 Å². The quantitative estimate of drug-likeness (QED) is 0.623.